The van der Waals surface area contributed by atoms with Gasteiger partial charge in [0.25, 0.3) is 0 Å². The molecule has 67 heavy (non-hydrogen) atoms. The number of rotatable bonds is 42. The number of carbonyl (C=O) groups excluding carboxylic acids is 2. The van der Waals surface area contributed by atoms with Crippen molar-refractivity contribution < 1.29 is 63.1 Å². The second-order valence-electron chi connectivity index (χ2n) is 17.7. The molecule has 13 nitrogen and oxygen atoms in total. The average molecular weight is 967 g/mol. The third-order valence-corrected chi connectivity index (χ3v) is 12.5. The summed E-state index contributed by atoms with van der Waals surface area (Å²) in [5, 5.41) is 50.2. The Morgan fingerprint density at radius 2 is 0.806 bits per heavy atom. The van der Waals surface area contributed by atoms with E-state index < -0.39 is 75.7 Å². The van der Waals surface area contributed by atoms with E-state index in [9.17, 15) is 44.6 Å². The van der Waals surface area contributed by atoms with Crippen molar-refractivity contribution in [2.24, 2.45) is 0 Å². The predicted molar refractivity (Wildman–Crippen MR) is 267 cm³/mol. The molecule has 0 radical (unpaired) electrons. The van der Waals surface area contributed by atoms with E-state index in [2.05, 4.69) is 62.5 Å². The molecule has 8 atom stereocenters. The molecule has 0 bridgehead atoms. The molecule has 0 saturated heterocycles. The summed E-state index contributed by atoms with van der Waals surface area (Å²) < 4.78 is 33.5. The molecule has 1 aliphatic carbocycles. The van der Waals surface area contributed by atoms with Gasteiger partial charge in [-0.05, 0) is 77.0 Å². The van der Waals surface area contributed by atoms with Gasteiger partial charge in [0.1, 0.15) is 43.2 Å². The van der Waals surface area contributed by atoms with Gasteiger partial charge in [-0.25, -0.2) is 4.57 Å². The Morgan fingerprint density at radius 1 is 0.463 bits per heavy atom. The van der Waals surface area contributed by atoms with Crippen LogP contribution in [0.5, 0.6) is 0 Å². The lowest BCUT2D eigenvalue weighted by Crippen LogP contribution is -2.64. The summed E-state index contributed by atoms with van der Waals surface area (Å²) in [6.45, 7) is 3.23. The lowest BCUT2D eigenvalue weighted by molar-refractivity contribution is -0.220. The van der Waals surface area contributed by atoms with Crippen LogP contribution in [0.2, 0.25) is 0 Å². The number of unbranched alkanes of at least 4 members (excludes halogenated alkanes) is 18. The number of carbonyl (C=O) groups is 2. The number of allylic oxidation sites excluding steroid dienone is 12. The number of ether oxygens (including phenoxy) is 2. The van der Waals surface area contributed by atoms with Crippen LogP contribution in [0.25, 0.3) is 0 Å². The van der Waals surface area contributed by atoms with E-state index in [-0.39, 0.29) is 12.8 Å². The zero-order valence-corrected chi connectivity index (χ0v) is 42.1. The quantitative estimate of drug-likeness (QED) is 0.0146. The largest absolute Gasteiger partial charge is 0.472 e. The Kier molecular flexibility index (Phi) is 39.2. The van der Waals surface area contributed by atoms with E-state index in [1.165, 1.54) is 103 Å². The van der Waals surface area contributed by atoms with E-state index >= 15 is 0 Å². The van der Waals surface area contributed by atoms with Crippen LogP contribution >= 0.6 is 7.82 Å². The Labute approximate surface area is 404 Å². The molecule has 1 fully saturated rings. The van der Waals surface area contributed by atoms with Gasteiger partial charge in [0.15, 0.2) is 6.10 Å². The van der Waals surface area contributed by atoms with Crippen molar-refractivity contribution in [2.75, 3.05) is 13.2 Å². The fraction of sp³-hybridized carbons (Fsp3) is 0.736. The van der Waals surface area contributed by atoms with Gasteiger partial charge in [-0.15, -0.1) is 0 Å². The standard InChI is InChI=1S/C53H91O13P/c1-3-5-7-9-11-13-15-17-19-21-22-23-24-26-27-29-31-33-35-37-39-41-46(54)63-43-45(44-64-67(61,62)66-53-51(59)49(57)48(56)50(58)52(53)60)65-47(55)42-40-38-36-34-32-30-28-25-20-18-16-14-12-10-8-6-4-2/h19,21,23-24,27-30,33-36,45,48-53,56-60H,3-18,20,22,25-26,31-32,37-44H2,1-2H3,(H,61,62)/b21-19+,24-23+,29-27+,30-28+,35-33+,36-34+/t45-,48?,49-,50?,51?,52?,53?/m0/s1. The SMILES string of the molecule is CCCCCCCCC/C=C/C/C=C/C/C=C/C/C=C/CCCC(=O)OC[C@@H](COP(=O)(O)OC1C(O)C(O)C(O)[C@H](O)C1O)OC(=O)CCC/C=C/C/C=C/CCCCCCCCCCC. The first-order valence-corrected chi connectivity index (χ1v) is 27.2. The van der Waals surface area contributed by atoms with Gasteiger partial charge in [-0.1, -0.05) is 177 Å². The van der Waals surface area contributed by atoms with Gasteiger partial charge < -0.3 is 39.9 Å². The molecule has 0 aromatic carbocycles. The Balaban J connectivity index is 2.48. The smallest absolute Gasteiger partial charge is 0.462 e. The summed E-state index contributed by atoms with van der Waals surface area (Å²) in [4.78, 5) is 35.8. The summed E-state index contributed by atoms with van der Waals surface area (Å²) in [5.74, 6) is -1.22. The minimum atomic E-state index is -5.15. The highest BCUT2D eigenvalue weighted by Crippen LogP contribution is 2.47. The van der Waals surface area contributed by atoms with Crippen LogP contribution in [0.15, 0.2) is 72.9 Å². The highest BCUT2D eigenvalue weighted by molar-refractivity contribution is 7.47. The first-order valence-electron chi connectivity index (χ1n) is 25.7. The molecule has 6 N–H and O–H groups in total. The fourth-order valence-electron chi connectivity index (χ4n) is 7.38. The van der Waals surface area contributed by atoms with Crippen LogP contribution in [-0.2, 0) is 32.7 Å². The van der Waals surface area contributed by atoms with Crippen molar-refractivity contribution >= 4 is 19.8 Å². The summed E-state index contributed by atoms with van der Waals surface area (Å²) in [6.07, 6.45) is 41.1. The maximum Gasteiger partial charge on any atom is 0.472 e. The third kappa shape index (κ3) is 34.3. The fourth-order valence-corrected chi connectivity index (χ4v) is 8.35. The van der Waals surface area contributed by atoms with Gasteiger partial charge in [-0.3, -0.25) is 18.6 Å². The molecule has 6 unspecified atom stereocenters. The zero-order valence-electron chi connectivity index (χ0n) is 41.2. The molecule has 0 aromatic heterocycles. The molecule has 0 heterocycles. The lowest BCUT2D eigenvalue weighted by atomic mass is 9.85. The number of phosphoric ester groups is 1. The van der Waals surface area contributed by atoms with Crippen molar-refractivity contribution in [3.8, 4) is 0 Å². The highest BCUT2D eigenvalue weighted by Gasteiger charge is 2.51. The number of aliphatic hydroxyl groups is 5. The van der Waals surface area contributed by atoms with Crippen molar-refractivity contribution in [2.45, 2.75) is 236 Å². The molecule has 0 amide bonds. The number of phosphoric acid groups is 1. The van der Waals surface area contributed by atoms with Crippen molar-refractivity contribution in [3.63, 3.8) is 0 Å². The van der Waals surface area contributed by atoms with Crippen LogP contribution in [0, 0.1) is 0 Å². The van der Waals surface area contributed by atoms with Crippen LogP contribution in [0.3, 0.4) is 0 Å². The Bertz CT molecular complexity index is 1440. The molecule has 1 aliphatic rings. The van der Waals surface area contributed by atoms with Gasteiger partial charge in [-0.2, -0.15) is 0 Å². The van der Waals surface area contributed by atoms with E-state index in [1.54, 1.807) is 0 Å². The molecule has 386 valence electrons. The second kappa shape index (κ2) is 42.2. The molecule has 1 rings (SSSR count). The Hall–Kier alpha value is -2.71. The van der Waals surface area contributed by atoms with Gasteiger partial charge in [0.2, 0.25) is 0 Å². The maximum atomic E-state index is 12.8. The number of hydrogen-bond acceptors (Lipinski definition) is 12. The summed E-state index contributed by atoms with van der Waals surface area (Å²) >= 11 is 0. The molecule has 0 spiro atoms. The number of aliphatic hydroxyl groups excluding tert-OH is 5. The molecule has 1 saturated carbocycles. The monoisotopic (exact) mass is 967 g/mol. The van der Waals surface area contributed by atoms with E-state index in [0.29, 0.717) is 25.7 Å². The van der Waals surface area contributed by atoms with E-state index in [4.69, 9.17) is 18.5 Å². The van der Waals surface area contributed by atoms with Gasteiger partial charge in [0.05, 0.1) is 6.61 Å². The van der Waals surface area contributed by atoms with E-state index in [0.717, 1.165) is 38.5 Å². The summed E-state index contributed by atoms with van der Waals surface area (Å²) in [6, 6.07) is 0. The van der Waals surface area contributed by atoms with Crippen molar-refractivity contribution in [3.05, 3.63) is 72.9 Å². The Morgan fingerprint density at radius 3 is 1.22 bits per heavy atom. The van der Waals surface area contributed by atoms with Crippen LogP contribution in [0.1, 0.15) is 194 Å². The third-order valence-electron chi connectivity index (χ3n) is 11.5. The lowest BCUT2D eigenvalue weighted by Gasteiger charge is -2.41. The second-order valence-corrected chi connectivity index (χ2v) is 19.1. The molecule has 0 aliphatic heterocycles. The zero-order chi connectivity index (χ0) is 49.2. The van der Waals surface area contributed by atoms with Crippen LogP contribution in [0.4, 0.5) is 0 Å². The van der Waals surface area contributed by atoms with Crippen molar-refractivity contribution in [1.82, 2.24) is 0 Å². The molecule has 0 aromatic rings. The van der Waals surface area contributed by atoms with Crippen LogP contribution in [-0.4, -0.2) is 98.3 Å². The van der Waals surface area contributed by atoms with Gasteiger partial charge in [0, 0.05) is 12.8 Å². The molecular weight excluding hydrogens is 876 g/mol. The number of hydrogen-bond donors (Lipinski definition) is 6. The van der Waals surface area contributed by atoms with Crippen LogP contribution < -0.4 is 0 Å². The topological polar surface area (TPSA) is 210 Å². The first kappa shape index (κ1) is 62.3. The minimum absolute atomic E-state index is 0.0182. The van der Waals surface area contributed by atoms with Crippen molar-refractivity contribution in [1.29, 1.82) is 0 Å². The maximum absolute atomic E-state index is 12.8. The highest BCUT2D eigenvalue weighted by atomic mass is 31.2. The number of esters is 2. The van der Waals surface area contributed by atoms with Gasteiger partial charge >= 0.3 is 19.8 Å². The molecular formula is C53H91O13P. The summed E-state index contributed by atoms with van der Waals surface area (Å²) in [5.41, 5.74) is 0. The normalized spacial score (nSPS) is 21.7. The average Bonchev–Trinajstić information content (AvgIpc) is 3.31. The summed E-state index contributed by atoms with van der Waals surface area (Å²) in [7, 11) is -5.15. The predicted octanol–water partition coefficient (Wildman–Crippen LogP) is 11.1. The molecule has 14 heteroatoms. The minimum Gasteiger partial charge on any atom is -0.462 e. The van der Waals surface area contributed by atoms with E-state index in [1.807, 2.05) is 24.3 Å². The first-order chi connectivity index (χ1) is 32.4.